The van der Waals surface area contributed by atoms with E-state index in [0.717, 1.165) is 5.88 Å². The molecule has 0 amide bonds. The molecular weight excluding hydrogens is 358 g/mol. The standard InChI is InChI=1S/C16H33Cl.C3H9N.BrH/c1-2-3-4-5-6-7-8-9-10-11-12-13-14-15-16-17;1-4(2)3;/h2-16H2,1H3;1-3H3;1H. The lowest BCUT2D eigenvalue weighted by molar-refractivity contribution is 0.505. The summed E-state index contributed by atoms with van der Waals surface area (Å²) in [5.74, 6) is 0.845. The van der Waals surface area contributed by atoms with Gasteiger partial charge in [-0.1, -0.05) is 90.4 Å². The molecule has 0 atom stereocenters. The Labute approximate surface area is 157 Å². The van der Waals surface area contributed by atoms with Gasteiger partial charge in [-0.3, -0.25) is 0 Å². The molecule has 3 heteroatoms. The lowest BCUT2D eigenvalue weighted by Crippen LogP contribution is -1.99. The van der Waals surface area contributed by atoms with E-state index in [1.165, 1.54) is 89.9 Å². The molecule has 22 heavy (non-hydrogen) atoms. The molecule has 0 saturated carbocycles. The number of alkyl halides is 1. The van der Waals surface area contributed by atoms with Crippen molar-refractivity contribution >= 4 is 28.6 Å². The monoisotopic (exact) mass is 399 g/mol. The molecule has 0 aromatic rings. The number of hydrogen-bond donors (Lipinski definition) is 0. The van der Waals surface area contributed by atoms with E-state index in [2.05, 4.69) is 6.92 Å². The molecule has 0 saturated heterocycles. The molecule has 138 valence electrons. The second kappa shape index (κ2) is 26.6. The first kappa shape index (κ1) is 27.6. The third-order valence-corrected chi connectivity index (χ3v) is 3.75. The van der Waals surface area contributed by atoms with Gasteiger partial charge in [-0.2, -0.15) is 0 Å². The Balaban J connectivity index is -0.000000640. The van der Waals surface area contributed by atoms with Gasteiger partial charge in [-0.15, -0.1) is 28.6 Å². The minimum Gasteiger partial charge on any atom is -0.312 e. The maximum absolute atomic E-state index is 5.64. The third-order valence-electron chi connectivity index (χ3n) is 3.49. The van der Waals surface area contributed by atoms with Gasteiger partial charge >= 0.3 is 0 Å². The summed E-state index contributed by atoms with van der Waals surface area (Å²) >= 11 is 5.64. The van der Waals surface area contributed by atoms with Crippen LogP contribution in [-0.4, -0.2) is 31.9 Å². The molecule has 0 N–H and O–H groups in total. The minimum absolute atomic E-state index is 0. The molecule has 1 nitrogen and oxygen atoms in total. The van der Waals surface area contributed by atoms with Crippen LogP contribution in [0.1, 0.15) is 96.8 Å². The third kappa shape index (κ3) is 37.2. The summed E-state index contributed by atoms with van der Waals surface area (Å²) in [4.78, 5) is 2.00. The Morgan fingerprint density at radius 2 is 0.773 bits per heavy atom. The van der Waals surface area contributed by atoms with Crippen LogP contribution in [0.3, 0.4) is 0 Å². The summed E-state index contributed by atoms with van der Waals surface area (Å²) in [6, 6.07) is 0. The number of halogens is 2. The second-order valence-electron chi connectivity index (χ2n) is 6.63. The van der Waals surface area contributed by atoms with Crippen molar-refractivity contribution in [3.63, 3.8) is 0 Å². The average Bonchev–Trinajstić information content (AvgIpc) is 2.43. The SMILES string of the molecule is Br.CCCCCCCCCCCCCCCCCl.CN(C)C. The molecular formula is C19H43BrClN. The highest BCUT2D eigenvalue weighted by Gasteiger charge is 1.93. The molecule has 0 bridgehead atoms. The Hall–Kier alpha value is 0.730. The lowest BCUT2D eigenvalue weighted by Gasteiger charge is -2.02. The van der Waals surface area contributed by atoms with E-state index in [-0.39, 0.29) is 17.0 Å². The molecule has 0 aromatic carbocycles. The van der Waals surface area contributed by atoms with Crippen molar-refractivity contribution in [2.75, 3.05) is 27.0 Å². The first-order valence-electron chi connectivity index (χ1n) is 9.32. The van der Waals surface area contributed by atoms with Crippen LogP contribution in [0.4, 0.5) is 0 Å². The van der Waals surface area contributed by atoms with Crippen molar-refractivity contribution in [1.29, 1.82) is 0 Å². The van der Waals surface area contributed by atoms with Gasteiger partial charge in [0.1, 0.15) is 0 Å². The van der Waals surface area contributed by atoms with Gasteiger partial charge in [0.25, 0.3) is 0 Å². The van der Waals surface area contributed by atoms with Crippen LogP contribution in [0.2, 0.25) is 0 Å². The highest BCUT2D eigenvalue weighted by atomic mass is 79.9. The van der Waals surface area contributed by atoms with Crippen LogP contribution >= 0.6 is 28.6 Å². The highest BCUT2D eigenvalue weighted by Crippen LogP contribution is 2.12. The van der Waals surface area contributed by atoms with E-state index in [1.54, 1.807) is 0 Å². The molecule has 0 spiro atoms. The lowest BCUT2D eigenvalue weighted by atomic mass is 10.0. The predicted molar refractivity (Wildman–Crippen MR) is 111 cm³/mol. The maximum Gasteiger partial charge on any atom is 0.0223 e. The van der Waals surface area contributed by atoms with Crippen LogP contribution in [-0.2, 0) is 0 Å². The molecule has 0 radical (unpaired) electrons. The predicted octanol–water partition coefficient (Wildman–Crippen LogP) is 7.46. The fourth-order valence-corrected chi connectivity index (χ4v) is 2.48. The number of rotatable bonds is 14. The fourth-order valence-electron chi connectivity index (χ4n) is 2.29. The highest BCUT2D eigenvalue weighted by molar-refractivity contribution is 8.93. The van der Waals surface area contributed by atoms with Crippen molar-refractivity contribution < 1.29 is 0 Å². The zero-order valence-electron chi connectivity index (χ0n) is 15.8. The van der Waals surface area contributed by atoms with Gasteiger partial charge in [-0.05, 0) is 27.6 Å². The van der Waals surface area contributed by atoms with Crippen LogP contribution < -0.4 is 0 Å². The van der Waals surface area contributed by atoms with E-state index in [4.69, 9.17) is 11.6 Å². The van der Waals surface area contributed by atoms with E-state index >= 15 is 0 Å². The summed E-state index contributed by atoms with van der Waals surface area (Å²) in [6.07, 6.45) is 19.8. The van der Waals surface area contributed by atoms with Crippen molar-refractivity contribution in [2.45, 2.75) is 96.8 Å². The molecule has 0 rings (SSSR count). The maximum atomic E-state index is 5.64. The van der Waals surface area contributed by atoms with Gasteiger partial charge in [0.05, 0.1) is 0 Å². The van der Waals surface area contributed by atoms with E-state index in [1.807, 2.05) is 26.0 Å². The minimum atomic E-state index is 0. The van der Waals surface area contributed by atoms with E-state index < -0.39 is 0 Å². The van der Waals surface area contributed by atoms with Crippen molar-refractivity contribution in [1.82, 2.24) is 4.90 Å². The van der Waals surface area contributed by atoms with Crippen molar-refractivity contribution in [3.8, 4) is 0 Å². The largest absolute Gasteiger partial charge is 0.312 e. The van der Waals surface area contributed by atoms with Crippen LogP contribution in [0, 0.1) is 0 Å². The number of unbranched alkanes of at least 4 members (excludes halogenated alkanes) is 13. The normalized spacial score (nSPS) is 10.1. The summed E-state index contributed by atoms with van der Waals surface area (Å²) in [5.41, 5.74) is 0. The van der Waals surface area contributed by atoms with Gasteiger partial charge in [0.15, 0.2) is 0 Å². The molecule has 0 aliphatic rings. The molecule has 0 heterocycles. The number of nitrogens with zero attached hydrogens (tertiary/aromatic N) is 1. The Bertz CT molecular complexity index is 149. The van der Waals surface area contributed by atoms with Crippen molar-refractivity contribution in [3.05, 3.63) is 0 Å². The quantitative estimate of drug-likeness (QED) is 0.216. The molecule has 0 unspecified atom stereocenters. The first-order chi connectivity index (χ1) is 10.1. The Kier molecular flexibility index (Phi) is 33.4. The molecule has 0 aliphatic heterocycles. The number of hydrogen-bond acceptors (Lipinski definition) is 1. The van der Waals surface area contributed by atoms with Gasteiger partial charge in [0.2, 0.25) is 0 Å². The van der Waals surface area contributed by atoms with Crippen LogP contribution in [0.15, 0.2) is 0 Å². The zero-order valence-corrected chi connectivity index (χ0v) is 18.3. The summed E-state index contributed by atoms with van der Waals surface area (Å²) < 4.78 is 0. The summed E-state index contributed by atoms with van der Waals surface area (Å²) in [6.45, 7) is 2.28. The summed E-state index contributed by atoms with van der Waals surface area (Å²) in [5, 5.41) is 0. The van der Waals surface area contributed by atoms with E-state index in [0.29, 0.717) is 0 Å². The molecule has 0 aromatic heterocycles. The van der Waals surface area contributed by atoms with Gasteiger partial charge in [-0.25, -0.2) is 0 Å². The Morgan fingerprint density at radius 3 is 1.00 bits per heavy atom. The van der Waals surface area contributed by atoms with Gasteiger partial charge in [0, 0.05) is 5.88 Å². The van der Waals surface area contributed by atoms with Gasteiger partial charge < -0.3 is 4.90 Å². The topological polar surface area (TPSA) is 3.24 Å². The zero-order chi connectivity index (χ0) is 16.2. The Morgan fingerprint density at radius 1 is 0.545 bits per heavy atom. The second-order valence-corrected chi connectivity index (χ2v) is 7.00. The molecule has 0 aliphatic carbocycles. The smallest absolute Gasteiger partial charge is 0.0223 e. The van der Waals surface area contributed by atoms with Crippen LogP contribution in [0.5, 0.6) is 0 Å². The van der Waals surface area contributed by atoms with Crippen LogP contribution in [0.25, 0.3) is 0 Å². The fraction of sp³-hybridized carbons (Fsp3) is 1.00. The average molecular weight is 401 g/mol. The van der Waals surface area contributed by atoms with E-state index in [9.17, 15) is 0 Å². The first-order valence-corrected chi connectivity index (χ1v) is 9.85. The summed E-state index contributed by atoms with van der Waals surface area (Å²) in [7, 11) is 6.00. The van der Waals surface area contributed by atoms with Crippen molar-refractivity contribution in [2.24, 2.45) is 0 Å². The molecule has 0 fully saturated rings.